The van der Waals surface area contributed by atoms with E-state index >= 15 is 0 Å². The molecule has 2 aliphatic heterocycles. The van der Waals surface area contributed by atoms with Gasteiger partial charge in [-0.05, 0) is 78.0 Å². The van der Waals surface area contributed by atoms with E-state index in [2.05, 4.69) is 39.5 Å². The highest BCUT2D eigenvalue weighted by Gasteiger charge is 2.39. The van der Waals surface area contributed by atoms with Crippen molar-refractivity contribution in [2.75, 3.05) is 17.3 Å². The standard InChI is InChI=1S/C33H25N5OS2/c1-37-28-11-5-6-12-29(28)40-32(37)30-31(39)38(21-22-8-3-2-4-9-22)33(41-30)36-25-15-13-24(14-16-25)35-26-17-18-27-23(20-26)10-7-19-34-27/h2-20,35H,21H2,1H3/b32-30+,36-33?. The molecule has 1 fully saturated rings. The van der Waals surface area contributed by atoms with Gasteiger partial charge in [-0.2, -0.15) is 0 Å². The molecule has 3 heterocycles. The number of aromatic nitrogens is 1. The van der Waals surface area contributed by atoms with Crippen LogP contribution in [0.4, 0.5) is 22.7 Å². The van der Waals surface area contributed by atoms with Gasteiger partial charge in [0.05, 0.1) is 28.5 Å². The summed E-state index contributed by atoms with van der Waals surface area (Å²) < 4.78 is 0. The number of amidine groups is 1. The normalized spacial score (nSPS) is 17.5. The van der Waals surface area contributed by atoms with Gasteiger partial charge in [-0.3, -0.25) is 14.7 Å². The van der Waals surface area contributed by atoms with Gasteiger partial charge in [0.15, 0.2) is 5.17 Å². The summed E-state index contributed by atoms with van der Waals surface area (Å²) in [6.07, 6.45) is 1.80. The lowest BCUT2D eigenvalue weighted by molar-refractivity contribution is -0.122. The first-order valence-electron chi connectivity index (χ1n) is 13.2. The molecular weight excluding hydrogens is 547 g/mol. The van der Waals surface area contributed by atoms with E-state index in [-0.39, 0.29) is 5.91 Å². The van der Waals surface area contributed by atoms with Crippen LogP contribution in [0.2, 0.25) is 0 Å². The van der Waals surface area contributed by atoms with E-state index in [4.69, 9.17) is 4.99 Å². The van der Waals surface area contributed by atoms with Crippen LogP contribution in [0.25, 0.3) is 10.9 Å². The Bertz CT molecular complexity index is 1840. The highest BCUT2D eigenvalue weighted by atomic mass is 32.2. The average molecular weight is 572 g/mol. The minimum Gasteiger partial charge on any atom is -0.356 e. The maximum Gasteiger partial charge on any atom is 0.269 e. The zero-order chi connectivity index (χ0) is 27.8. The predicted octanol–water partition coefficient (Wildman–Crippen LogP) is 8.15. The second kappa shape index (κ2) is 10.8. The molecule has 0 radical (unpaired) electrons. The Labute approximate surface area is 246 Å². The minimum absolute atomic E-state index is 0.0242. The summed E-state index contributed by atoms with van der Waals surface area (Å²) in [4.78, 5) is 28.9. The van der Waals surface area contributed by atoms with Crippen LogP contribution in [0.5, 0.6) is 0 Å². The Hall–Kier alpha value is -4.53. The molecule has 41 heavy (non-hydrogen) atoms. The predicted molar refractivity (Wildman–Crippen MR) is 171 cm³/mol. The molecule has 0 saturated carbocycles. The molecule has 1 N–H and O–H groups in total. The van der Waals surface area contributed by atoms with Crippen LogP contribution in [0.15, 0.2) is 135 Å². The molecule has 8 heteroatoms. The number of carbonyl (C=O) groups is 1. The van der Waals surface area contributed by atoms with Gasteiger partial charge < -0.3 is 10.2 Å². The van der Waals surface area contributed by atoms with Gasteiger partial charge in [0, 0.05) is 34.9 Å². The van der Waals surface area contributed by atoms with Gasteiger partial charge in [-0.25, -0.2) is 4.99 Å². The number of carbonyl (C=O) groups excluding carboxylic acids is 1. The molecule has 1 saturated heterocycles. The van der Waals surface area contributed by atoms with Crippen molar-refractivity contribution >= 4 is 68.3 Å². The van der Waals surface area contributed by atoms with Crippen molar-refractivity contribution in [1.29, 1.82) is 0 Å². The summed E-state index contributed by atoms with van der Waals surface area (Å²) in [5, 5.41) is 6.16. The topological polar surface area (TPSA) is 60.8 Å². The first-order chi connectivity index (χ1) is 20.1. The second-order valence-electron chi connectivity index (χ2n) is 9.72. The highest BCUT2D eigenvalue weighted by molar-refractivity contribution is 8.19. The van der Waals surface area contributed by atoms with Gasteiger partial charge >= 0.3 is 0 Å². The van der Waals surface area contributed by atoms with Crippen molar-refractivity contribution in [1.82, 2.24) is 9.88 Å². The fourth-order valence-corrected chi connectivity index (χ4v) is 7.22. The molecule has 2 aliphatic rings. The molecule has 0 unspecified atom stereocenters. The van der Waals surface area contributed by atoms with Crippen LogP contribution >= 0.6 is 23.5 Å². The molecular formula is C33H25N5OS2. The molecule has 1 aromatic heterocycles. The van der Waals surface area contributed by atoms with Crippen molar-refractivity contribution in [3.05, 3.63) is 131 Å². The Morgan fingerprint density at radius 1 is 0.829 bits per heavy atom. The molecule has 4 aromatic carbocycles. The average Bonchev–Trinajstić information content (AvgIpc) is 3.50. The number of thioether (sulfide) groups is 2. The third-order valence-corrected chi connectivity index (χ3v) is 9.40. The molecule has 200 valence electrons. The van der Waals surface area contributed by atoms with Crippen molar-refractivity contribution in [3.63, 3.8) is 0 Å². The number of para-hydroxylation sites is 1. The van der Waals surface area contributed by atoms with Crippen molar-refractivity contribution in [2.24, 2.45) is 4.99 Å². The van der Waals surface area contributed by atoms with E-state index < -0.39 is 0 Å². The second-order valence-corrected chi connectivity index (χ2v) is 11.7. The van der Waals surface area contributed by atoms with Gasteiger partial charge in [0.2, 0.25) is 0 Å². The van der Waals surface area contributed by atoms with Gasteiger partial charge in [-0.1, -0.05) is 60.3 Å². The maximum absolute atomic E-state index is 13.9. The summed E-state index contributed by atoms with van der Waals surface area (Å²) >= 11 is 3.08. The Kier molecular flexibility index (Phi) is 6.70. The summed E-state index contributed by atoms with van der Waals surface area (Å²) in [6.45, 7) is 0.458. The Morgan fingerprint density at radius 3 is 2.44 bits per heavy atom. The SMILES string of the molecule is CN1/C(=C2\SC(=Nc3ccc(Nc4ccc5ncccc5c4)cc3)N(Cc3ccccc3)C2=O)Sc2ccccc21. The number of anilines is 3. The van der Waals surface area contributed by atoms with Crippen LogP contribution in [0.3, 0.4) is 0 Å². The number of hydrogen-bond donors (Lipinski definition) is 1. The number of nitrogens with zero attached hydrogens (tertiary/aromatic N) is 4. The van der Waals surface area contributed by atoms with Gasteiger partial charge in [0.25, 0.3) is 5.91 Å². The maximum atomic E-state index is 13.9. The molecule has 0 bridgehead atoms. The van der Waals surface area contributed by atoms with E-state index in [0.29, 0.717) is 16.6 Å². The summed E-state index contributed by atoms with van der Waals surface area (Å²) in [5.41, 5.74) is 5.87. The van der Waals surface area contributed by atoms with Gasteiger partial charge in [-0.15, -0.1) is 0 Å². The molecule has 7 rings (SSSR count). The Balaban J connectivity index is 1.18. The fraction of sp³-hybridized carbons (Fsp3) is 0.0606. The number of amides is 1. The van der Waals surface area contributed by atoms with Crippen molar-refractivity contribution in [2.45, 2.75) is 11.4 Å². The molecule has 5 aromatic rings. The smallest absolute Gasteiger partial charge is 0.269 e. The third-order valence-electron chi connectivity index (χ3n) is 6.96. The number of fused-ring (bicyclic) bond motifs is 2. The summed E-state index contributed by atoms with van der Waals surface area (Å²) in [6, 6.07) is 36.4. The quantitative estimate of drug-likeness (QED) is 0.215. The highest BCUT2D eigenvalue weighted by Crippen LogP contribution is 2.50. The van der Waals surface area contributed by atoms with Crippen LogP contribution in [-0.4, -0.2) is 28.0 Å². The molecule has 0 spiro atoms. The molecule has 1 amide bonds. The van der Waals surface area contributed by atoms with Gasteiger partial charge in [0.1, 0.15) is 4.91 Å². The van der Waals surface area contributed by atoms with Crippen LogP contribution in [-0.2, 0) is 11.3 Å². The number of benzene rings is 4. The van der Waals surface area contributed by atoms with Crippen LogP contribution in [0, 0.1) is 0 Å². The van der Waals surface area contributed by atoms with Crippen LogP contribution < -0.4 is 10.2 Å². The number of rotatable bonds is 5. The van der Waals surface area contributed by atoms with Crippen LogP contribution in [0.1, 0.15) is 5.56 Å². The van der Waals surface area contributed by atoms with E-state index in [1.165, 1.54) is 11.8 Å². The number of pyridine rings is 1. The first kappa shape index (κ1) is 25.4. The summed E-state index contributed by atoms with van der Waals surface area (Å²) in [5.74, 6) is -0.0242. The van der Waals surface area contributed by atoms with E-state index in [0.717, 1.165) is 49.1 Å². The first-order valence-corrected chi connectivity index (χ1v) is 14.8. The zero-order valence-corrected chi connectivity index (χ0v) is 23.8. The largest absolute Gasteiger partial charge is 0.356 e. The lowest BCUT2D eigenvalue weighted by Crippen LogP contribution is -2.29. The van der Waals surface area contributed by atoms with E-state index in [1.807, 2.05) is 92.0 Å². The fourth-order valence-electron chi connectivity index (χ4n) is 4.87. The number of hydrogen-bond acceptors (Lipinski definition) is 7. The monoisotopic (exact) mass is 571 g/mol. The van der Waals surface area contributed by atoms with Crippen molar-refractivity contribution < 1.29 is 4.79 Å². The van der Waals surface area contributed by atoms with E-state index in [1.54, 1.807) is 22.9 Å². The number of nitrogens with one attached hydrogen (secondary N) is 1. The molecule has 6 nitrogen and oxygen atoms in total. The summed E-state index contributed by atoms with van der Waals surface area (Å²) in [7, 11) is 2.02. The lowest BCUT2D eigenvalue weighted by atomic mass is 10.2. The Morgan fingerprint density at radius 2 is 1.61 bits per heavy atom. The van der Waals surface area contributed by atoms with E-state index in [9.17, 15) is 4.79 Å². The molecule has 0 atom stereocenters. The van der Waals surface area contributed by atoms with Crippen molar-refractivity contribution in [3.8, 4) is 0 Å². The zero-order valence-electron chi connectivity index (χ0n) is 22.2. The number of aliphatic imine (C=N–C) groups is 1. The minimum atomic E-state index is -0.0242. The molecule has 0 aliphatic carbocycles. The lowest BCUT2D eigenvalue weighted by Gasteiger charge is -2.17. The third kappa shape index (κ3) is 5.08.